The van der Waals surface area contributed by atoms with Crippen LogP contribution in [0.2, 0.25) is 0 Å². The highest BCUT2D eigenvalue weighted by Gasteiger charge is 2.20. The van der Waals surface area contributed by atoms with Gasteiger partial charge in [-0.15, -0.1) is 11.3 Å². The van der Waals surface area contributed by atoms with Gasteiger partial charge in [0.1, 0.15) is 5.56 Å². The van der Waals surface area contributed by atoms with Crippen molar-refractivity contribution in [2.75, 3.05) is 0 Å². The Kier molecular flexibility index (Phi) is 4.79. The summed E-state index contributed by atoms with van der Waals surface area (Å²) in [7, 11) is 0. The molecule has 3 aromatic rings. The van der Waals surface area contributed by atoms with Gasteiger partial charge in [-0.05, 0) is 37.3 Å². The highest BCUT2D eigenvalue weighted by Crippen LogP contribution is 2.27. The number of rotatable bonds is 3. The lowest BCUT2D eigenvalue weighted by atomic mass is 10.0. The second kappa shape index (κ2) is 7.37. The van der Waals surface area contributed by atoms with Crippen molar-refractivity contribution in [2.24, 2.45) is 0 Å². The number of nitrogens with one attached hydrogen (secondary N) is 1. The van der Waals surface area contributed by atoms with Gasteiger partial charge in [-0.1, -0.05) is 18.9 Å². The second-order valence-electron chi connectivity index (χ2n) is 6.53. The zero-order chi connectivity index (χ0) is 17.9. The van der Waals surface area contributed by atoms with Gasteiger partial charge in [0.25, 0.3) is 11.5 Å². The molecule has 7 heteroatoms. The number of aromatic nitrogens is 3. The zero-order valence-corrected chi connectivity index (χ0v) is 15.2. The number of nitrogens with zero attached hydrogens (tertiary/aromatic N) is 3. The Morgan fingerprint density at radius 1 is 1.19 bits per heavy atom. The lowest BCUT2D eigenvalue weighted by Gasteiger charge is -2.10. The summed E-state index contributed by atoms with van der Waals surface area (Å²) in [4.78, 5) is 35.8. The van der Waals surface area contributed by atoms with Crippen molar-refractivity contribution in [2.45, 2.75) is 45.1 Å². The molecule has 26 heavy (non-hydrogen) atoms. The lowest BCUT2D eigenvalue weighted by molar-refractivity contribution is 0.0949. The first-order valence-corrected chi connectivity index (χ1v) is 9.75. The Hall–Kier alpha value is -2.54. The van der Waals surface area contributed by atoms with Crippen molar-refractivity contribution in [3.63, 3.8) is 0 Å². The van der Waals surface area contributed by atoms with E-state index in [1.807, 2.05) is 12.1 Å². The molecule has 0 radical (unpaired) electrons. The Morgan fingerprint density at radius 3 is 2.85 bits per heavy atom. The smallest absolute Gasteiger partial charge is 0.271 e. The molecule has 0 aromatic carbocycles. The molecule has 0 saturated carbocycles. The lowest BCUT2D eigenvalue weighted by Crippen LogP contribution is -2.31. The second-order valence-corrected chi connectivity index (χ2v) is 7.59. The van der Waals surface area contributed by atoms with Crippen LogP contribution in [0, 0.1) is 0 Å². The van der Waals surface area contributed by atoms with E-state index in [1.165, 1.54) is 23.9 Å². The Labute approximate surface area is 154 Å². The molecule has 134 valence electrons. The normalized spacial score (nSPS) is 14.5. The summed E-state index contributed by atoms with van der Waals surface area (Å²) in [5, 5.41) is 2.79. The van der Waals surface area contributed by atoms with Crippen molar-refractivity contribution in [1.29, 1.82) is 0 Å². The number of pyridine rings is 1. The van der Waals surface area contributed by atoms with Crippen LogP contribution in [0.1, 0.15) is 52.2 Å². The minimum Gasteiger partial charge on any atom is -0.348 e. The molecule has 1 aliphatic rings. The molecule has 1 aliphatic carbocycles. The fourth-order valence-corrected chi connectivity index (χ4v) is 4.53. The number of aryl methyl sites for hydroxylation is 2. The molecule has 0 unspecified atom stereocenters. The number of thiazole rings is 1. The molecule has 0 atom stereocenters. The van der Waals surface area contributed by atoms with Crippen molar-refractivity contribution in [1.82, 2.24) is 19.7 Å². The average Bonchev–Trinajstić information content (AvgIpc) is 2.98. The summed E-state index contributed by atoms with van der Waals surface area (Å²) >= 11 is 1.58. The molecule has 6 nitrogen and oxygen atoms in total. The van der Waals surface area contributed by atoms with Crippen LogP contribution >= 0.6 is 11.3 Å². The summed E-state index contributed by atoms with van der Waals surface area (Å²) in [5.41, 5.74) is 1.76. The van der Waals surface area contributed by atoms with Crippen molar-refractivity contribution >= 4 is 22.2 Å². The highest BCUT2D eigenvalue weighted by molar-refractivity contribution is 7.17. The molecule has 1 N–H and O–H groups in total. The van der Waals surface area contributed by atoms with Crippen LogP contribution in [0.4, 0.5) is 0 Å². The summed E-state index contributed by atoms with van der Waals surface area (Å²) in [6, 6.07) is 3.69. The third-order valence-corrected chi connectivity index (χ3v) is 5.88. The van der Waals surface area contributed by atoms with E-state index in [-0.39, 0.29) is 11.1 Å². The van der Waals surface area contributed by atoms with Gasteiger partial charge in [0.2, 0.25) is 0 Å². The van der Waals surface area contributed by atoms with Gasteiger partial charge in [0.05, 0.1) is 0 Å². The molecular formula is C19H20N4O2S. The Morgan fingerprint density at radius 2 is 2.04 bits per heavy atom. The van der Waals surface area contributed by atoms with Crippen LogP contribution < -0.4 is 10.9 Å². The maximum Gasteiger partial charge on any atom is 0.271 e. The summed E-state index contributed by atoms with van der Waals surface area (Å²) in [6.07, 6.45) is 11.3. The van der Waals surface area contributed by atoms with E-state index in [0.29, 0.717) is 11.5 Å². The standard InChI is InChI=1S/C19H20N4O2S/c24-17(21-11-13-6-5-9-20-10-13)14-12-22-19-23(18(14)25)15-7-3-1-2-4-8-16(15)26-19/h5-6,9-10,12H,1-4,7-8,11H2,(H,21,24). The maximum absolute atomic E-state index is 13.0. The SMILES string of the molecule is O=C(NCc1cccnc1)c1cnc2sc3c(n2c1=O)CCCCCC3. The minimum absolute atomic E-state index is 0.0917. The first kappa shape index (κ1) is 16.9. The molecule has 4 rings (SSSR count). The molecule has 0 spiro atoms. The van der Waals surface area contributed by atoms with Gasteiger partial charge in [-0.25, -0.2) is 4.98 Å². The van der Waals surface area contributed by atoms with Crippen LogP contribution in [-0.2, 0) is 19.4 Å². The van der Waals surface area contributed by atoms with Gasteiger partial charge in [0.15, 0.2) is 4.96 Å². The summed E-state index contributed by atoms with van der Waals surface area (Å²) in [5.74, 6) is -0.397. The fraction of sp³-hybridized carbons (Fsp3) is 0.368. The summed E-state index contributed by atoms with van der Waals surface area (Å²) < 4.78 is 1.66. The third-order valence-electron chi connectivity index (χ3n) is 4.72. The molecule has 0 saturated heterocycles. The van der Waals surface area contributed by atoms with Crippen LogP contribution in [0.5, 0.6) is 0 Å². The van der Waals surface area contributed by atoms with E-state index >= 15 is 0 Å². The number of fused-ring (bicyclic) bond motifs is 3. The van der Waals surface area contributed by atoms with Gasteiger partial charge in [0, 0.05) is 35.7 Å². The molecular weight excluding hydrogens is 348 g/mol. The van der Waals surface area contributed by atoms with Crippen LogP contribution in [0.15, 0.2) is 35.5 Å². The predicted molar refractivity (Wildman–Crippen MR) is 101 cm³/mol. The first-order valence-electron chi connectivity index (χ1n) is 8.93. The van der Waals surface area contributed by atoms with E-state index in [4.69, 9.17) is 0 Å². The molecule has 0 bridgehead atoms. The number of hydrogen-bond acceptors (Lipinski definition) is 5. The monoisotopic (exact) mass is 368 g/mol. The van der Waals surface area contributed by atoms with E-state index in [0.717, 1.165) is 36.9 Å². The summed E-state index contributed by atoms with van der Waals surface area (Å²) in [6.45, 7) is 0.330. The minimum atomic E-state index is -0.397. The van der Waals surface area contributed by atoms with Gasteiger partial charge in [-0.2, -0.15) is 0 Å². The van der Waals surface area contributed by atoms with E-state index in [9.17, 15) is 9.59 Å². The van der Waals surface area contributed by atoms with Crippen molar-refractivity contribution in [3.05, 3.63) is 62.8 Å². The Balaban J connectivity index is 1.65. The number of amides is 1. The largest absolute Gasteiger partial charge is 0.348 e. The number of carbonyl (C=O) groups excluding carboxylic acids is 1. The molecule has 0 aliphatic heterocycles. The average molecular weight is 368 g/mol. The van der Waals surface area contributed by atoms with Gasteiger partial charge in [-0.3, -0.25) is 19.0 Å². The molecule has 3 aromatic heterocycles. The quantitative estimate of drug-likeness (QED) is 0.771. The third kappa shape index (κ3) is 3.26. The number of carbonyl (C=O) groups is 1. The molecule has 0 fully saturated rings. The van der Waals surface area contributed by atoms with Crippen LogP contribution in [0.3, 0.4) is 0 Å². The van der Waals surface area contributed by atoms with E-state index < -0.39 is 5.91 Å². The molecule has 3 heterocycles. The van der Waals surface area contributed by atoms with Crippen molar-refractivity contribution in [3.8, 4) is 0 Å². The van der Waals surface area contributed by atoms with E-state index in [2.05, 4.69) is 15.3 Å². The fourth-order valence-electron chi connectivity index (χ4n) is 3.36. The van der Waals surface area contributed by atoms with Gasteiger partial charge >= 0.3 is 0 Å². The predicted octanol–water partition coefficient (Wildman–Crippen LogP) is 2.74. The van der Waals surface area contributed by atoms with Crippen LogP contribution in [-0.4, -0.2) is 20.3 Å². The van der Waals surface area contributed by atoms with Gasteiger partial charge < -0.3 is 5.32 Å². The molecule has 1 amide bonds. The zero-order valence-electron chi connectivity index (χ0n) is 14.4. The van der Waals surface area contributed by atoms with Crippen LogP contribution in [0.25, 0.3) is 4.96 Å². The Bertz CT molecular complexity index is 994. The topological polar surface area (TPSA) is 76.4 Å². The first-order chi connectivity index (χ1) is 12.7. The maximum atomic E-state index is 13.0. The van der Waals surface area contributed by atoms with E-state index in [1.54, 1.807) is 28.1 Å². The number of hydrogen-bond donors (Lipinski definition) is 1. The highest BCUT2D eigenvalue weighted by atomic mass is 32.1. The van der Waals surface area contributed by atoms with Crippen molar-refractivity contribution < 1.29 is 4.79 Å².